The lowest BCUT2D eigenvalue weighted by molar-refractivity contribution is 0.244. The topological polar surface area (TPSA) is 89.7 Å². The Bertz CT molecular complexity index is 884. The molecule has 1 aliphatic rings. The fraction of sp³-hybridized carbons (Fsp3) is 0.294. The van der Waals surface area contributed by atoms with Crippen LogP contribution in [0.5, 0.6) is 0 Å². The first kappa shape index (κ1) is 15.4. The van der Waals surface area contributed by atoms with Crippen molar-refractivity contribution in [2.45, 2.75) is 32.4 Å². The molecule has 1 aromatic carbocycles. The number of hydrogen-bond donors (Lipinski definition) is 2. The molecule has 0 saturated heterocycles. The maximum atomic E-state index is 12.3. The van der Waals surface area contributed by atoms with Crippen LogP contribution in [0.25, 0.3) is 5.69 Å². The largest absolute Gasteiger partial charge is 0.328 e. The number of aryl methyl sites for hydroxylation is 2. The molecule has 0 radical (unpaired) electrons. The van der Waals surface area contributed by atoms with Crippen LogP contribution in [0.2, 0.25) is 0 Å². The minimum atomic E-state index is -0.292. The molecule has 4 rings (SSSR count). The van der Waals surface area contributed by atoms with Crippen LogP contribution in [0.3, 0.4) is 0 Å². The highest BCUT2D eigenvalue weighted by molar-refractivity contribution is 5.88. The second-order valence-corrected chi connectivity index (χ2v) is 6.05. The number of nitrogens with one attached hydrogen (secondary N) is 2. The number of fused-ring (bicyclic) bond motifs is 1. The van der Waals surface area contributed by atoms with Crippen molar-refractivity contribution < 1.29 is 4.79 Å². The maximum absolute atomic E-state index is 12.3. The molecule has 25 heavy (non-hydrogen) atoms. The van der Waals surface area contributed by atoms with Gasteiger partial charge >= 0.3 is 6.03 Å². The van der Waals surface area contributed by atoms with Crippen LogP contribution in [-0.4, -0.2) is 30.6 Å². The molecule has 3 aromatic rings. The van der Waals surface area contributed by atoms with Gasteiger partial charge in [0.2, 0.25) is 0 Å². The van der Waals surface area contributed by atoms with Gasteiger partial charge in [0.25, 0.3) is 0 Å². The van der Waals surface area contributed by atoms with Crippen LogP contribution in [0.15, 0.2) is 42.7 Å². The number of aromatic nitrogens is 5. The molecule has 2 N–H and O–H groups in total. The van der Waals surface area contributed by atoms with Crippen LogP contribution in [0.4, 0.5) is 10.6 Å². The van der Waals surface area contributed by atoms with Gasteiger partial charge in [-0.15, -0.1) is 5.10 Å². The Hall–Kier alpha value is -3.16. The zero-order chi connectivity index (χ0) is 17.2. The molecule has 0 fully saturated rings. The zero-order valence-electron chi connectivity index (χ0n) is 13.9. The Morgan fingerprint density at radius 2 is 2.12 bits per heavy atom. The fourth-order valence-corrected chi connectivity index (χ4v) is 3.10. The lowest BCUT2D eigenvalue weighted by Gasteiger charge is -2.22. The quantitative estimate of drug-likeness (QED) is 0.768. The molecule has 0 spiro atoms. The molecule has 1 aliphatic heterocycles. The third-order valence-corrected chi connectivity index (χ3v) is 4.25. The molecule has 2 amide bonds. The van der Waals surface area contributed by atoms with Crippen molar-refractivity contribution in [1.82, 2.24) is 29.9 Å². The van der Waals surface area contributed by atoms with Crippen LogP contribution in [-0.2, 0) is 6.54 Å². The lowest BCUT2D eigenvalue weighted by Crippen LogP contribution is -2.36. The second kappa shape index (κ2) is 6.39. The van der Waals surface area contributed by atoms with Gasteiger partial charge in [0, 0.05) is 18.3 Å². The summed E-state index contributed by atoms with van der Waals surface area (Å²) in [5.74, 6) is 1.31. The molecule has 0 bridgehead atoms. The van der Waals surface area contributed by atoms with E-state index in [9.17, 15) is 4.79 Å². The second-order valence-electron chi connectivity index (χ2n) is 6.05. The molecule has 8 nitrogen and oxygen atoms in total. The molecule has 0 aliphatic carbocycles. The van der Waals surface area contributed by atoms with Crippen LogP contribution >= 0.6 is 0 Å². The number of rotatable bonds is 3. The molecule has 128 valence electrons. The Balaban J connectivity index is 1.46. The number of carbonyl (C=O) groups is 1. The summed E-state index contributed by atoms with van der Waals surface area (Å²) in [4.78, 5) is 16.6. The maximum Gasteiger partial charge on any atom is 0.321 e. The van der Waals surface area contributed by atoms with Gasteiger partial charge in [-0.2, -0.15) is 5.10 Å². The fourth-order valence-electron chi connectivity index (χ4n) is 3.10. The minimum Gasteiger partial charge on any atom is -0.328 e. The molecule has 1 unspecified atom stereocenters. The molecule has 1 atom stereocenters. The Labute approximate surface area is 144 Å². The highest BCUT2D eigenvalue weighted by Crippen LogP contribution is 2.22. The molecular weight excluding hydrogens is 318 g/mol. The van der Waals surface area contributed by atoms with Crippen molar-refractivity contribution >= 4 is 11.8 Å². The van der Waals surface area contributed by atoms with E-state index in [2.05, 4.69) is 25.8 Å². The van der Waals surface area contributed by atoms with Gasteiger partial charge in [-0.1, -0.05) is 18.2 Å². The number of carbonyl (C=O) groups excluding carboxylic acids is 1. The predicted molar refractivity (Wildman–Crippen MR) is 92.5 cm³/mol. The SMILES string of the molecule is Cc1cc(NC(=O)NC2CCCn3ncnc32)nn1-c1ccccc1. The number of para-hydroxylation sites is 1. The van der Waals surface area contributed by atoms with Crippen molar-refractivity contribution in [1.29, 1.82) is 0 Å². The monoisotopic (exact) mass is 337 g/mol. The Morgan fingerprint density at radius 3 is 2.96 bits per heavy atom. The number of hydrogen-bond acceptors (Lipinski definition) is 4. The van der Waals surface area contributed by atoms with E-state index in [4.69, 9.17) is 0 Å². The summed E-state index contributed by atoms with van der Waals surface area (Å²) in [5.41, 5.74) is 1.90. The first-order valence-corrected chi connectivity index (χ1v) is 8.28. The molecule has 0 saturated carbocycles. The van der Waals surface area contributed by atoms with E-state index in [1.165, 1.54) is 6.33 Å². The van der Waals surface area contributed by atoms with E-state index in [1.807, 2.05) is 48.0 Å². The summed E-state index contributed by atoms with van der Waals surface area (Å²) < 4.78 is 3.63. The summed E-state index contributed by atoms with van der Waals surface area (Å²) in [5, 5.41) is 14.4. The van der Waals surface area contributed by atoms with Crippen molar-refractivity contribution in [2.75, 3.05) is 5.32 Å². The normalized spacial score (nSPS) is 16.3. The van der Waals surface area contributed by atoms with Crippen molar-refractivity contribution in [2.24, 2.45) is 0 Å². The van der Waals surface area contributed by atoms with Gasteiger partial charge in [0.15, 0.2) is 5.82 Å². The van der Waals surface area contributed by atoms with Crippen molar-refractivity contribution in [3.05, 3.63) is 54.2 Å². The molecule has 8 heteroatoms. The van der Waals surface area contributed by atoms with Crippen molar-refractivity contribution in [3.63, 3.8) is 0 Å². The number of benzene rings is 1. The average molecular weight is 337 g/mol. The Kier molecular flexibility index (Phi) is 3.93. The van der Waals surface area contributed by atoms with E-state index in [0.29, 0.717) is 5.82 Å². The van der Waals surface area contributed by atoms with E-state index in [-0.39, 0.29) is 12.1 Å². The smallest absolute Gasteiger partial charge is 0.321 e. The first-order chi connectivity index (χ1) is 12.2. The lowest BCUT2D eigenvalue weighted by atomic mass is 10.1. The van der Waals surface area contributed by atoms with Crippen LogP contribution in [0, 0.1) is 6.92 Å². The van der Waals surface area contributed by atoms with Crippen LogP contribution < -0.4 is 10.6 Å². The van der Waals surface area contributed by atoms with Crippen molar-refractivity contribution in [3.8, 4) is 5.69 Å². The predicted octanol–water partition coefficient (Wildman–Crippen LogP) is 2.43. The number of anilines is 1. The Morgan fingerprint density at radius 1 is 1.28 bits per heavy atom. The van der Waals surface area contributed by atoms with E-state index < -0.39 is 0 Å². The van der Waals surface area contributed by atoms with Gasteiger partial charge in [-0.25, -0.2) is 19.1 Å². The highest BCUT2D eigenvalue weighted by atomic mass is 16.2. The molecule has 2 aromatic heterocycles. The van der Waals surface area contributed by atoms with Gasteiger partial charge in [-0.3, -0.25) is 5.32 Å². The zero-order valence-corrected chi connectivity index (χ0v) is 13.9. The minimum absolute atomic E-state index is 0.131. The number of urea groups is 1. The van der Waals surface area contributed by atoms with E-state index >= 15 is 0 Å². The van der Waals surface area contributed by atoms with E-state index in [0.717, 1.165) is 36.6 Å². The number of amides is 2. The highest BCUT2D eigenvalue weighted by Gasteiger charge is 2.24. The van der Waals surface area contributed by atoms with Gasteiger partial charge in [-0.05, 0) is 31.9 Å². The third-order valence-electron chi connectivity index (χ3n) is 4.25. The molecular formula is C17H19N7O. The first-order valence-electron chi connectivity index (χ1n) is 8.28. The summed E-state index contributed by atoms with van der Waals surface area (Å²) in [6, 6.07) is 11.2. The average Bonchev–Trinajstić information content (AvgIpc) is 3.23. The summed E-state index contributed by atoms with van der Waals surface area (Å²) >= 11 is 0. The standard InChI is InChI=1S/C17H19N7O/c1-12-10-15(22-24(12)13-6-3-2-4-7-13)21-17(25)20-14-8-5-9-23-16(14)18-11-19-23/h2-4,6-7,10-11,14H,5,8-9H2,1H3,(H2,20,21,22,25). The summed E-state index contributed by atoms with van der Waals surface area (Å²) in [6.07, 6.45) is 3.34. The molecule has 3 heterocycles. The van der Waals surface area contributed by atoms with Crippen LogP contribution in [0.1, 0.15) is 30.4 Å². The third kappa shape index (κ3) is 3.10. The van der Waals surface area contributed by atoms with Gasteiger partial charge in [0.05, 0.1) is 11.7 Å². The summed E-state index contributed by atoms with van der Waals surface area (Å²) in [7, 11) is 0. The number of nitrogens with zero attached hydrogens (tertiary/aromatic N) is 5. The van der Waals surface area contributed by atoms with Gasteiger partial charge in [0.1, 0.15) is 12.2 Å². The summed E-state index contributed by atoms with van der Waals surface area (Å²) in [6.45, 7) is 2.79. The van der Waals surface area contributed by atoms with Gasteiger partial charge < -0.3 is 5.32 Å². The van der Waals surface area contributed by atoms with E-state index in [1.54, 1.807) is 4.68 Å².